The lowest BCUT2D eigenvalue weighted by atomic mass is 9.80. The summed E-state index contributed by atoms with van der Waals surface area (Å²) in [4.78, 5) is 27.2. The smallest absolute Gasteiger partial charge is 0.411 e. The normalized spacial score (nSPS) is 21.2. The van der Waals surface area contributed by atoms with E-state index in [1.165, 1.54) is 0 Å². The molecule has 188 valence electrons. The largest absolute Gasteiger partial charge is 0.438 e. The van der Waals surface area contributed by atoms with Gasteiger partial charge in [-0.15, -0.1) is 0 Å². The van der Waals surface area contributed by atoms with Gasteiger partial charge in [0.2, 0.25) is 5.56 Å². The second kappa shape index (κ2) is 9.25. The van der Waals surface area contributed by atoms with Crippen molar-refractivity contribution < 1.29 is 14.6 Å². The van der Waals surface area contributed by atoms with Crippen LogP contribution in [-0.2, 0) is 17.4 Å². The molecule has 1 unspecified atom stereocenters. The van der Waals surface area contributed by atoms with Crippen LogP contribution in [0, 0.1) is 5.92 Å². The minimum absolute atomic E-state index is 0.0380. The second-order valence-electron chi connectivity index (χ2n) is 10.9. The molecule has 2 aromatic carbocycles. The van der Waals surface area contributed by atoms with Crippen molar-refractivity contribution in [2.75, 3.05) is 6.54 Å². The Labute approximate surface area is 212 Å². The Morgan fingerprint density at radius 2 is 1.67 bits per heavy atom. The van der Waals surface area contributed by atoms with Crippen LogP contribution >= 0.6 is 0 Å². The maximum atomic E-state index is 13.6. The zero-order valence-electron chi connectivity index (χ0n) is 21.2. The second-order valence-corrected chi connectivity index (χ2v) is 10.9. The van der Waals surface area contributed by atoms with Crippen molar-refractivity contribution in [3.05, 3.63) is 94.4 Å². The predicted octanol–water partition coefficient (Wildman–Crippen LogP) is 5.40. The molecule has 2 fully saturated rings. The minimum atomic E-state index is -0.981. The molecule has 1 saturated heterocycles. The highest BCUT2D eigenvalue weighted by Crippen LogP contribution is 2.48. The molecular formula is C30H34N2O4. The van der Waals surface area contributed by atoms with Gasteiger partial charge < -0.3 is 19.3 Å². The van der Waals surface area contributed by atoms with Crippen LogP contribution in [0.25, 0.3) is 11.1 Å². The van der Waals surface area contributed by atoms with Crippen molar-refractivity contribution >= 4 is 6.09 Å². The van der Waals surface area contributed by atoms with E-state index < -0.39 is 11.2 Å². The lowest BCUT2D eigenvalue weighted by Gasteiger charge is -2.46. The summed E-state index contributed by atoms with van der Waals surface area (Å²) in [6.07, 6.45) is 4.64. The fraction of sp³-hybridized carbons (Fsp3) is 0.400. The van der Waals surface area contributed by atoms with Crippen molar-refractivity contribution in [1.29, 1.82) is 0 Å². The average Bonchev–Trinajstić information content (AvgIpc) is 3.68. The molecule has 0 radical (unpaired) electrons. The summed E-state index contributed by atoms with van der Waals surface area (Å²) in [6.45, 7) is 4.08. The van der Waals surface area contributed by atoms with E-state index in [9.17, 15) is 14.7 Å². The number of nitrogens with zero attached hydrogens (tertiary/aromatic N) is 2. The van der Waals surface area contributed by atoms with Crippen molar-refractivity contribution in [3.63, 3.8) is 0 Å². The lowest BCUT2D eigenvalue weighted by molar-refractivity contribution is -0.103. The maximum Gasteiger partial charge on any atom is 0.411 e. The number of ether oxygens (including phenoxy) is 1. The summed E-state index contributed by atoms with van der Waals surface area (Å²) in [5, 5.41) is 10.7. The molecule has 1 amide bonds. The standard InChI is InChI=1S/C30H34N2O4/c1-29(2,35)20-30(25-7-5-4-6-8-25)17-18-32(28(34)36-30)27(23-13-14-23)22-11-9-21(10-12-22)24-15-16-26(33)31(3)19-24/h4-12,15-16,19,23,27,35H,13-14,17-18,20H2,1-3H3/t27-,30?/m1/s1. The number of benzene rings is 2. The van der Waals surface area contributed by atoms with E-state index in [-0.39, 0.29) is 17.7 Å². The van der Waals surface area contributed by atoms with Crippen LogP contribution in [0.2, 0.25) is 0 Å². The van der Waals surface area contributed by atoms with E-state index in [0.29, 0.717) is 25.3 Å². The fourth-order valence-corrected chi connectivity index (χ4v) is 5.55. The number of cyclic esters (lactones) is 1. The van der Waals surface area contributed by atoms with Crippen LogP contribution < -0.4 is 5.56 Å². The first-order chi connectivity index (χ1) is 17.2. The van der Waals surface area contributed by atoms with Crippen LogP contribution in [0.15, 0.2) is 77.7 Å². The summed E-state index contributed by atoms with van der Waals surface area (Å²) in [6, 6.07) is 21.5. The van der Waals surface area contributed by atoms with Crippen molar-refractivity contribution in [3.8, 4) is 11.1 Å². The third-order valence-electron chi connectivity index (χ3n) is 7.37. The van der Waals surface area contributed by atoms with Crippen LogP contribution in [0.5, 0.6) is 0 Å². The highest BCUT2D eigenvalue weighted by Gasteiger charge is 2.49. The number of aromatic nitrogens is 1. The first-order valence-corrected chi connectivity index (χ1v) is 12.7. The zero-order valence-corrected chi connectivity index (χ0v) is 21.2. The van der Waals surface area contributed by atoms with Crippen LogP contribution in [0.4, 0.5) is 4.79 Å². The number of hydrogen-bond donors (Lipinski definition) is 1. The summed E-state index contributed by atoms with van der Waals surface area (Å²) >= 11 is 0. The molecule has 1 N–H and O–H groups in total. The van der Waals surface area contributed by atoms with Gasteiger partial charge in [-0.1, -0.05) is 54.6 Å². The summed E-state index contributed by atoms with van der Waals surface area (Å²) in [5.74, 6) is 0.416. The molecule has 6 heteroatoms. The van der Waals surface area contributed by atoms with Gasteiger partial charge in [-0.3, -0.25) is 4.79 Å². The van der Waals surface area contributed by atoms with E-state index in [0.717, 1.165) is 35.1 Å². The summed E-state index contributed by atoms with van der Waals surface area (Å²) in [5.41, 5.74) is 2.15. The number of pyridine rings is 1. The number of carbonyl (C=O) groups is 1. The van der Waals surface area contributed by atoms with E-state index in [1.807, 2.05) is 47.5 Å². The number of rotatable bonds is 7. The number of hydrogen-bond acceptors (Lipinski definition) is 4. The third kappa shape index (κ3) is 4.96. The Bertz CT molecular complexity index is 1290. The van der Waals surface area contributed by atoms with E-state index >= 15 is 0 Å². The Morgan fingerprint density at radius 3 is 2.25 bits per heavy atom. The average molecular weight is 487 g/mol. The Morgan fingerprint density at radius 1 is 1.00 bits per heavy atom. The van der Waals surface area contributed by atoms with E-state index in [2.05, 4.69) is 24.3 Å². The molecule has 1 aromatic heterocycles. The molecule has 2 atom stereocenters. The predicted molar refractivity (Wildman–Crippen MR) is 139 cm³/mol. The van der Waals surface area contributed by atoms with E-state index in [4.69, 9.17) is 4.74 Å². The molecule has 0 spiro atoms. The molecule has 36 heavy (non-hydrogen) atoms. The third-order valence-corrected chi connectivity index (χ3v) is 7.37. The van der Waals surface area contributed by atoms with E-state index in [1.54, 1.807) is 31.5 Å². The Balaban J connectivity index is 1.41. The van der Waals surface area contributed by atoms with Crippen molar-refractivity contribution in [1.82, 2.24) is 9.47 Å². The lowest BCUT2D eigenvalue weighted by Crippen LogP contribution is -2.51. The van der Waals surface area contributed by atoms with Gasteiger partial charge in [-0.2, -0.15) is 0 Å². The van der Waals surface area contributed by atoms with Gasteiger partial charge in [0, 0.05) is 38.7 Å². The number of carbonyl (C=O) groups excluding carboxylic acids is 1. The monoisotopic (exact) mass is 486 g/mol. The Kier molecular flexibility index (Phi) is 6.25. The highest BCUT2D eigenvalue weighted by atomic mass is 16.6. The Hall–Kier alpha value is -3.38. The van der Waals surface area contributed by atoms with Crippen molar-refractivity contribution in [2.24, 2.45) is 13.0 Å². The van der Waals surface area contributed by atoms with Gasteiger partial charge in [-0.05, 0) is 60.9 Å². The molecule has 5 rings (SSSR count). The highest BCUT2D eigenvalue weighted by molar-refractivity contribution is 5.71. The van der Waals surface area contributed by atoms with Gasteiger partial charge in [0.1, 0.15) is 5.60 Å². The van der Waals surface area contributed by atoms with Gasteiger partial charge >= 0.3 is 6.09 Å². The molecule has 1 aliphatic heterocycles. The maximum absolute atomic E-state index is 13.6. The van der Waals surface area contributed by atoms with Crippen molar-refractivity contribution in [2.45, 2.75) is 56.8 Å². The quantitative estimate of drug-likeness (QED) is 0.485. The van der Waals surface area contributed by atoms with Crippen LogP contribution in [0.3, 0.4) is 0 Å². The number of aryl methyl sites for hydroxylation is 1. The molecule has 2 aliphatic rings. The molecule has 1 aliphatic carbocycles. The SMILES string of the molecule is Cn1cc(-c2ccc([C@H](C3CC3)N3CCC(CC(C)(C)O)(c4ccccc4)OC3=O)cc2)ccc1=O. The van der Waals surface area contributed by atoms with Crippen LogP contribution in [0.1, 0.15) is 56.7 Å². The van der Waals surface area contributed by atoms with Gasteiger partial charge in [0.15, 0.2) is 0 Å². The molecule has 2 heterocycles. The minimum Gasteiger partial charge on any atom is -0.438 e. The molecule has 0 bridgehead atoms. The molecule has 1 saturated carbocycles. The topological polar surface area (TPSA) is 71.8 Å². The molecule has 3 aromatic rings. The summed E-state index contributed by atoms with van der Waals surface area (Å²) < 4.78 is 7.82. The number of amides is 1. The summed E-state index contributed by atoms with van der Waals surface area (Å²) in [7, 11) is 1.75. The fourth-order valence-electron chi connectivity index (χ4n) is 5.55. The van der Waals surface area contributed by atoms with Gasteiger partial charge in [0.25, 0.3) is 0 Å². The number of aliphatic hydroxyl groups is 1. The molecular weight excluding hydrogens is 452 g/mol. The van der Waals surface area contributed by atoms with Gasteiger partial charge in [-0.25, -0.2) is 4.79 Å². The first-order valence-electron chi connectivity index (χ1n) is 12.7. The van der Waals surface area contributed by atoms with Gasteiger partial charge in [0.05, 0.1) is 11.6 Å². The molecule has 6 nitrogen and oxygen atoms in total. The zero-order chi connectivity index (χ0) is 25.5. The van der Waals surface area contributed by atoms with Crippen LogP contribution in [-0.4, -0.2) is 32.8 Å². The first kappa shape index (κ1) is 24.3.